The van der Waals surface area contributed by atoms with Crippen LogP contribution in [0.5, 0.6) is 0 Å². The van der Waals surface area contributed by atoms with E-state index in [0.717, 1.165) is 23.1 Å². The zero-order chi connectivity index (χ0) is 24.4. The third-order valence-corrected chi connectivity index (χ3v) is 7.59. The van der Waals surface area contributed by atoms with Crippen LogP contribution in [0.2, 0.25) is 0 Å². The van der Waals surface area contributed by atoms with Crippen LogP contribution in [0, 0.1) is 0 Å². The van der Waals surface area contributed by atoms with Gasteiger partial charge in [-0.25, -0.2) is 13.1 Å². The number of hydrogen-bond acceptors (Lipinski definition) is 6. The molecule has 0 saturated carbocycles. The summed E-state index contributed by atoms with van der Waals surface area (Å²) in [6.07, 6.45) is 4.27. The first-order valence-electron chi connectivity index (χ1n) is 11.5. The first-order valence-corrected chi connectivity index (χ1v) is 13.2. The van der Waals surface area contributed by atoms with Crippen molar-refractivity contribution < 1.29 is 8.42 Å². The fourth-order valence-electron chi connectivity index (χ4n) is 4.39. The maximum atomic E-state index is 13.5. The molecular formula is C27H26N4O3S. The molecule has 35 heavy (non-hydrogen) atoms. The van der Waals surface area contributed by atoms with Crippen LogP contribution < -0.4 is 10.2 Å². The van der Waals surface area contributed by atoms with Gasteiger partial charge in [0, 0.05) is 49.2 Å². The van der Waals surface area contributed by atoms with Crippen molar-refractivity contribution in [2.75, 3.05) is 20.1 Å². The normalized spacial score (nSPS) is 15.8. The minimum Gasteiger partial charge on any atom is -0.299 e. The summed E-state index contributed by atoms with van der Waals surface area (Å²) in [4.78, 5) is 18.0. The summed E-state index contributed by atoms with van der Waals surface area (Å²) in [5.74, 6) is -0.113. The number of nitrogens with one attached hydrogen (secondary N) is 1. The summed E-state index contributed by atoms with van der Waals surface area (Å²) in [6, 6.07) is 20.5. The summed E-state index contributed by atoms with van der Waals surface area (Å²) >= 11 is 0. The van der Waals surface area contributed by atoms with E-state index in [1.807, 2.05) is 66.8 Å². The molecule has 0 amide bonds. The van der Waals surface area contributed by atoms with E-state index in [2.05, 4.69) is 14.8 Å². The molecule has 0 fully saturated rings. The molecule has 0 aliphatic carbocycles. The quantitative estimate of drug-likeness (QED) is 0.432. The molecule has 0 saturated heterocycles. The van der Waals surface area contributed by atoms with Crippen LogP contribution in [0.3, 0.4) is 0 Å². The first kappa shape index (κ1) is 23.1. The molecular weight excluding hydrogens is 460 g/mol. The minimum atomic E-state index is -3.55. The van der Waals surface area contributed by atoms with Crippen LogP contribution in [0.1, 0.15) is 22.6 Å². The van der Waals surface area contributed by atoms with Crippen molar-refractivity contribution >= 4 is 37.9 Å². The number of fused-ring (bicyclic) bond motifs is 2. The number of nitrogens with zero attached hydrogens (tertiary/aromatic N) is 3. The molecule has 0 bridgehead atoms. The Morgan fingerprint density at radius 1 is 1.00 bits per heavy atom. The summed E-state index contributed by atoms with van der Waals surface area (Å²) in [7, 11) is -1.65. The second-order valence-electron chi connectivity index (χ2n) is 8.89. The van der Waals surface area contributed by atoms with Crippen LogP contribution in [-0.4, -0.2) is 44.8 Å². The van der Waals surface area contributed by atoms with Gasteiger partial charge in [0.05, 0.1) is 11.3 Å². The molecule has 1 atom stereocenters. The lowest BCUT2D eigenvalue weighted by Crippen LogP contribution is -2.27. The lowest BCUT2D eigenvalue weighted by atomic mass is 10.0. The Morgan fingerprint density at radius 2 is 1.80 bits per heavy atom. The molecule has 1 unspecified atom stereocenters. The standard InChI is InChI=1S/C27H26N4O3S/c1-31-17-23(16-29-31)22-14-25-26(28-15-22)10-9-21-8-7-20(13-24(21)27(25)32)18-35(33,34)30-12-11-19-5-3-2-4-6-19/h2-10,13-16,23,30H,11-12,17-18H2,1H3. The number of hydrazone groups is 1. The van der Waals surface area contributed by atoms with Gasteiger partial charge in [0.15, 0.2) is 5.43 Å². The van der Waals surface area contributed by atoms with Gasteiger partial charge < -0.3 is 0 Å². The average Bonchev–Trinajstić information content (AvgIpc) is 3.23. The first-order chi connectivity index (χ1) is 16.9. The number of aromatic nitrogens is 1. The summed E-state index contributed by atoms with van der Waals surface area (Å²) in [6.45, 7) is 1.06. The van der Waals surface area contributed by atoms with Crippen LogP contribution in [-0.2, 0) is 22.2 Å². The van der Waals surface area contributed by atoms with Gasteiger partial charge in [-0.05, 0) is 46.7 Å². The topological polar surface area (TPSA) is 91.7 Å². The highest BCUT2D eigenvalue weighted by Crippen LogP contribution is 2.23. The average molecular weight is 487 g/mol. The smallest absolute Gasteiger partial charge is 0.215 e. The molecule has 178 valence electrons. The van der Waals surface area contributed by atoms with Crippen molar-refractivity contribution in [2.24, 2.45) is 5.10 Å². The number of sulfonamides is 1. The molecule has 5 rings (SSSR count). The molecule has 2 heterocycles. The fraction of sp³-hybridized carbons (Fsp3) is 0.222. The Bertz CT molecular complexity index is 1590. The van der Waals surface area contributed by atoms with Crippen molar-refractivity contribution in [3.05, 3.63) is 99.8 Å². The molecule has 0 spiro atoms. The van der Waals surface area contributed by atoms with Gasteiger partial charge in [-0.2, -0.15) is 5.10 Å². The number of rotatable bonds is 7. The molecule has 1 aromatic heterocycles. The van der Waals surface area contributed by atoms with Crippen LogP contribution in [0.15, 0.2) is 82.8 Å². The van der Waals surface area contributed by atoms with Gasteiger partial charge in [0.25, 0.3) is 0 Å². The molecule has 0 radical (unpaired) electrons. The van der Waals surface area contributed by atoms with E-state index in [4.69, 9.17) is 0 Å². The summed E-state index contributed by atoms with van der Waals surface area (Å²) in [5.41, 5.74) is 3.02. The highest BCUT2D eigenvalue weighted by atomic mass is 32.2. The SMILES string of the molecule is CN1CC(c2cnc3ccc4ccc(CS(=O)(=O)NCCc5ccccc5)cc4c(=O)c3c2)C=N1. The zero-order valence-electron chi connectivity index (χ0n) is 19.4. The van der Waals surface area contributed by atoms with Gasteiger partial charge in [0.2, 0.25) is 10.0 Å². The highest BCUT2D eigenvalue weighted by molar-refractivity contribution is 7.88. The van der Waals surface area contributed by atoms with E-state index in [-0.39, 0.29) is 17.1 Å². The van der Waals surface area contributed by atoms with Gasteiger partial charge in [-0.15, -0.1) is 0 Å². The second kappa shape index (κ2) is 9.56. The second-order valence-corrected chi connectivity index (χ2v) is 10.7. The van der Waals surface area contributed by atoms with Crippen LogP contribution in [0.25, 0.3) is 21.7 Å². The Kier molecular flexibility index (Phi) is 6.32. The number of likely N-dealkylation sites (N-methyl/N-ethyl adjacent to an activating group) is 1. The van der Waals surface area contributed by atoms with Crippen molar-refractivity contribution in [2.45, 2.75) is 18.1 Å². The molecule has 1 aliphatic heterocycles. The molecule has 1 aliphatic rings. The van der Waals surface area contributed by atoms with Gasteiger partial charge in [0.1, 0.15) is 0 Å². The number of pyridine rings is 1. The maximum absolute atomic E-state index is 13.5. The van der Waals surface area contributed by atoms with Crippen molar-refractivity contribution in [3.8, 4) is 0 Å². The molecule has 1 N–H and O–H groups in total. The minimum absolute atomic E-state index is 0.0794. The van der Waals surface area contributed by atoms with Crippen molar-refractivity contribution in [1.29, 1.82) is 0 Å². The summed E-state index contributed by atoms with van der Waals surface area (Å²) < 4.78 is 28.0. The Hall–Kier alpha value is -3.62. The van der Waals surface area contributed by atoms with E-state index >= 15 is 0 Å². The third kappa shape index (κ3) is 5.23. The molecule has 8 heteroatoms. The lowest BCUT2D eigenvalue weighted by Gasteiger charge is -2.10. The van der Waals surface area contributed by atoms with Gasteiger partial charge >= 0.3 is 0 Å². The molecule has 3 aromatic carbocycles. The van der Waals surface area contributed by atoms with E-state index in [1.165, 1.54) is 0 Å². The number of benzene rings is 2. The van der Waals surface area contributed by atoms with Crippen LogP contribution in [0.4, 0.5) is 0 Å². The Balaban J connectivity index is 1.43. The third-order valence-electron chi connectivity index (χ3n) is 6.24. The summed E-state index contributed by atoms with van der Waals surface area (Å²) in [5, 5.41) is 7.88. The molecule has 7 nitrogen and oxygen atoms in total. The highest BCUT2D eigenvalue weighted by Gasteiger charge is 2.18. The van der Waals surface area contributed by atoms with Crippen molar-refractivity contribution in [3.63, 3.8) is 0 Å². The van der Waals surface area contributed by atoms with Crippen molar-refractivity contribution in [1.82, 2.24) is 14.7 Å². The molecule has 4 aromatic rings. The predicted octanol–water partition coefficient (Wildman–Crippen LogP) is 3.43. The predicted molar refractivity (Wildman–Crippen MR) is 140 cm³/mol. The van der Waals surface area contributed by atoms with E-state index in [0.29, 0.717) is 34.8 Å². The monoisotopic (exact) mass is 486 g/mol. The fourth-order valence-corrected chi connectivity index (χ4v) is 5.52. The Morgan fingerprint density at radius 3 is 2.57 bits per heavy atom. The van der Waals surface area contributed by atoms with Crippen LogP contribution >= 0.6 is 0 Å². The van der Waals surface area contributed by atoms with Gasteiger partial charge in [-0.1, -0.05) is 48.5 Å². The number of hydrogen-bond donors (Lipinski definition) is 1. The lowest BCUT2D eigenvalue weighted by molar-refractivity contribution is 0.381. The zero-order valence-corrected chi connectivity index (χ0v) is 20.2. The Labute approximate surface area is 204 Å². The van der Waals surface area contributed by atoms with E-state index in [9.17, 15) is 13.2 Å². The van der Waals surface area contributed by atoms with E-state index < -0.39 is 10.0 Å². The van der Waals surface area contributed by atoms with E-state index in [1.54, 1.807) is 24.4 Å². The largest absolute Gasteiger partial charge is 0.299 e. The van der Waals surface area contributed by atoms with Gasteiger partial charge in [-0.3, -0.25) is 14.8 Å². The maximum Gasteiger partial charge on any atom is 0.215 e.